The number of thiocarbonyl (C=S) groups is 1. The van der Waals surface area contributed by atoms with Gasteiger partial charge in [-0.3, -0.25) is 9.69 Å². The molecule has 10 heteroatoms. The minimum atomic E-state index is -4.81. The van der Waals surface area contributed by atoms with E-state index < -0.39 is 23.3 Å². The van der Waals surface area contributed by atoms with Gasteiger partial charge in [0.2, 0.25) is 5.91 Å². The second-order valence-electron chi connectivity index (χ2n) is 6.12. The van der Waals surface area contributed by atoms with E-state index in [1.165, 1.54) is 6.07 Å². The fraction of sp³-hybridized carbons (Fsp3) is 0.211. The van der Waals surface area contributed by atoms with Crippen molar-refractivity contribution in [1.29, 1.82) is 10.5 Å². The lowest BCUT2D eigenvalue weighted by Gasteiger charge is -2.29. The minimum Gasteiger partial charge on any atom is -0.318 e. The molecular weight excluding hydrogens is 403 g/mol. The van der Waals surface area contributed by atoms with Crippen LogP contribution in [0.25, 0.3) is 0 Å². The first-order chi connectivity index (χ1) is 13.8. The van der Waals surface area contributed by atoms with Crippen molar-refractivity contribution >= 4 is 34.6 Å². The van der Waals surface area contributed by atoms with Gasteiger partial charge in [0.25, 0.3) is 0 Å². The summed E-state index contributed by atoms with van der Waals surface area (Å²) < 4.78 is 39.9. The van der Waals surface area contributed by atoms with Gasteiger partial charge in [0.05, 0.1) is 29.1 Å². The Balaban J connectivity index is 2.05. The van der Waals surface area contributed by atoms with Gasteiger partial charge in [-0.25, -0.2) is 4.98 Å². The molecule has 2 heterocycles. The lowest BCUT2D eigenvalue weighted by Crippen LogP contribution is -2.44. The van der Waals surface area contributed by atoms with Crippen LogP contribution in [0, 0.1) is 22.7 Å². The predicted octanol–water partition coefficient (Wildman–Crippen LogP) is 3.76. The molecule has 1 saturated heterocycles. The maximum absolute atomic E-state index is 13.3. The highest BCUT2D eigenvalue weighted by atomic mass is 32.1. The third-order valence-electron chi connectivity index (χ3n) is 4.29. The van der Waals surface area contributed by atoms with Crippen LogP contribution in [-0.4, -0.2) is 22.5 Å². The van der Waals surface area contributed by atoms with Crippen molar-refractivity contribution in [3.8, 4) is 12.1 Å². The zero-order valence-electron chi connectivity index (χ0n) is 14.8. The van der Waals surface area contributed by atoms with Crippen molar-refractivity contribution in [2.75, 3.05) is 16.3 Å². The van der Waals surface area contributed by atoms with Gasteiger partial charge in [0.1, 0.15) is 6.07 Å². The summed E-state index contributed by atoms with van der Waals surface area (Å²) in [6, 6.07) is 10.6. The van der Waals surface area contributed by atoms with Crippen molar-refractivity contribution in [2.24, 2.45) is 0 Å². The number of anilines is 2. The van der Waals surface area contributed by atoms with Crippen LogP contribution in [0.2, 0.25) is 0 Å². The van der Waals surface area contributed by atoms with E-state index in [2.05, 4.69) is 4.98 Å². The molecule has 0 aliphatic carbocycles. The molecule has 0 N–H and O–H groups in total. The average molecular weight is 415 g/mol. The molecule has 29 heavy (non-hydrogen) atoms. The summed E-state index contributed by atoms with van der Waals surface area (Å²) in [6.45, 7) is 0.378. The maximum Gasteiger partial charge on any atom is 0.419 e. The molecule has 1 fully saturated rings. The zero-order chi connectivity index (χ0) is 21.2. The Morgan fingerprint density at radius 2 is 1.79 bits per heavy atom. The standard InChI is InChI=1S/C19H12F3N5OS/c20-19(21,22)15-8-14(11-25-16(15)10-24)27-17(28)2-1-7-26(18(27)29)13-5-3-12(9-23)4-6-13/h3-6,8,11H,1-2,7H2. The highest BCUT2D eigenvalue weighted by Gasteiger charge is 2.37. The molecular formula is C19H12F3N5OS. The number of hydrogen-bond acceptors (Lipinski definition) is 5. The van der Waals surface area contributed by atoms with E-state index in [0.29, 0.717) is 30.3 Å². The Labute approximate surface area is 169 Å². The first-order valence-corrected chi connectivity index (χ1v) is 8.79. The van der Waals surface area contributed by atoms with Crippen LogP contribution in [0.5, 0.6) is 0 Å². The number of aromatic nitrogens is 1. The topological polar surface area (TPSA) is 84.0 Å². The minimum absolute atomic E-state index is 0.00293. The molecule has 146 valence electrons. The monoisotopic (exact) mass is 415 g/mol. The second-order valence-corrected chi connectivity index (χ2v) is 6.49. The number of nitrogens with zero attached hydrogens (tertiary/aromatic N) is 5. The second kappa shape index (κ2) is 7.86. The molecule has 0 radical (unpaired) electrons. The molecule has 2 aromatic rings. The van der Waals surface area contributed by atoms with Crippen molar-refractivity contribution in [3.63, 3.8) is 0 Å². The van der Waals surface area contributed by atoms with Gasteiger partial charge in [0.15, 0.2) is 10.8 Å². The van der Waals surface area contributed by atoms with Gasteiger partial charge in [-0.1, -0.05) is 0 Å². The van der Waals surface area contributed by atoms with Crippen LogP contribution in [0.1, 0.15) is 29.7 Å². The zero-order valence-corrected chi connectivity index (χ0v) is 15.6. The lowest BCUT2D eigenvalue weighted by atomic mass is 10.1. The molecule has 1 aliphatic heterocycles. The van der Waals surface area contributed by atoms with Gasteiger partial charge in [-0.15, -0.1) is 0 Å². The normalized spacial score (nSPS) is 14.9. The summed E-state index contributed by atoms with van der Waals surface area (Å²) in [7, 11) is 0. The molecule has 1 aromatic heterocycles. The van der Waals surface area contributed by atoms with Crippen molar-refractivity contribution in [3.05, 3.63) is 53.3 Å². The van der Waals surface area contributed by atoms with Gasteiger partial charge < -0.3 is 4.90 Å². The van der Waals surface area contributed by atoms with E-state index in [1.807, 2.05) is 6.07 Å². The number of alkyl halides is 3. The van der Waals surface area contributed by atoms with E-state index in [-0.39, 0.29) is 17.2 Å². The Kier molecular flexibility index (Phi) is 5.48. The summed E-state index contributed by atoms with van der Waals surface area (Å²) in [5.74, 6) is -0.467. The molecule has 0 saturated carbocycles. The molecule has 1 amide bonds. The molecule has 0 unspecified atom stereocenters. The summed E-state index contributed by atoms with van der Waals surface area (Å²) in [5, 5.41) is 17.8. The maximum atomic E-state index is 13.3. The van der Waals surface area contributed by atoms with Gasteiger partial charge in [0, 0.05) is 18.7 Å². The van der Waals surface area contributed by atoms with Gasteiger partial charge in [-0.05, 0) is 49.0 Å². The summed E-state index contributed by atoms with van der Waals surface area (Å²) in [4.78, 5) is 18.8. The van der Waals surface area contributed by atoms with E-state index in [4.69, 9.17) is 22.7 Å². The SMILES string of the molecule is N#Cc1ccc(N2CCCC(=O)N(c3cnc(C#N)c(C(F)(F)F)c3)C2=S)cc1. The highest BCUT2D eigenvalue weighted by molar-refractivity contribution is 7.81. The Hall–Kier alpha value is -3.50. The van der Waals surface area contributed by atoms with Crippen LogP contribution < -0.4 is 9.80 Å². The third kappa shape index (κ3) is 4.03. The molecule has 0 spiro atoms. The van der Waals surface area contributed by atoms with E-state index >= 15 is 0 Å². The predicted molar refractivity (Wildman–Crippen MR) is 102 cm³/mol. The number of carbonyl (C=O) groups excluding carboxylic acids is 1. The number of pyridine rings is 1. The summed E-state index contributed by atoms with van der Waals surface area (Å²) >= 11 is 5.43. The number of amides is 1. The molecule has 6 nitrogen and oxygen atoms in total. The molecule has 1 aromatic carbocycles. The Bertz CT molecular complexity index is 1050. The first kappa shape index (κ1) is 20.2. The smallest absolute Gasteiger partial charge is 0.318 e. The number of benzene rings is 1. The number of hydrogen-bond donors (Lipinski definition) is 0. The summed E-state index contributed by atoms with van der Waals surface area (Å²) in [5.41, 5.74) is -1.13. The third-order valence-corrected chi connectivity index (χ3v) is 4.70. The Morgan fingerprint density at radius 3 is 2.38 bits per heavy atom. The van der Waals surface area contributed by atoms with Crippen molar-refractivity contribution in [2.45, 2.75) is 19.0 Å². The number of carbonyl (C=O) groups is 1. The molecule has 3 rings (SSSR count). The van der Waals surface area contributed by atoms with Gasteiger partial charge >= 0.3 is 6.18 Å². The Morgan fingerprint density at radius 1 is 1.10 bits per heavy atom. The van der Waals surface area contributed by atoms with Crippen LogP contribution in [0.15, 0.2) is 36.5 Å². The molecule has 1 aliphatic rings. The highest BCUT2D eigenvalue weighted by Crippen LogP contribution is 2.34. The van der Waals surface area contributed by atoms with Crippen LogP contribution in [0.4, 0.5) is 24.5 Å². The van der Waals surface area contributed by atoms with Gasteiger partial charge in [-0.2, -0.15) is 23.7 Å². The van der Waals surface area contributed by atoms with E-state index in [0.717, 1.165) is 11.1 Å². The number of rotatable bonds is 2. The van der Waals surface area contributed by atoms with Crippen molar-refractivity contribution < 1.29 is 18.0 Å². The van der Waals surface area contributed by atoms with Crippen LogP contribution in [-0.2, 0) is 11.0 Å². The van der Waals surface area contributed by atoms with Crippen LogP contribution in [0.3, 0.4) is 0 Å². The van der Waals surface area contributed by atoms with E-state index in [1.54, 1.807) is 29.2 Å². The average Bonchev–Trinajstić information content (AvgIpc) is 2.85. The lowest BCUT2D eigenvalue weighted by molar-refractivity contribution is -0.138. The molecule has 0 atom stereocenters. The first-order valence-electron chi connectivity index (χ1n) is 8.38. The largest absolute Gasteiger partial charge is 0.419 e. The van der Waals surface area contributed by atoms with E-state index in [9.17, 15) is 18.0 Å². The fourth-order valence-corrected chi connectivity index (χ4v) is 3.32. The van der Waals surface area contributed by atoms with Crippen LogP contribution >= 0.6 is 12.2 Å². The van der Waals surface area contributed by atoms with Crippen molar-refractivity contribution in [1.82, 2.24) is 4.98 Å². The number of nitriles is 2. The summed E-state index contributed by atoms with van der Waals surface area (Å²) in [6.07, 6.45) is -3.27. The molecule has 0 bridgehead atoms. The number of halogens is 3. The fourth-order valence-electron chi connectivity index (χ4n) is 2.91. The quantitative estimate of drug-likeness (QED) is 0.695.